The molecule has 1 N–H and O–H groups in total. The number of aromatic nitrogens is 1. The molecule has 3 aliphatic rings. The van der Waals surface area contributed by atoms with E-state index in [4.69, 9.17) is 9.47 Å². The highest BCUT2D eigenvalue weighted by molar-refractivity contribution is 5.95. The summed E-state index contributed by atoms with van der Waals surface area (Å²) in [5, 5.41) is 4.39. The average molecular weight is 458 g/mol. The third kappa shape index (κ3) is 4.14. The van der Waals surface area contributed by atoms with E-state index in [0.717, 1.165) is 41.7 Å². The molecule has 0 saturated carbocycles. The zero-order valence-corrected chi connectivity index (χ0v) is 19.7. The number of rotatable bonds is 7. The number of amides is 1. The van der Waals surface area contributed by atoms with E-state index >= 15 is 0 Å². The number of carbonyl (C=O) groups is 1. The van der Waals surface area contributed by atoms with Crippen molar-refractivity contribution in [3.63, 3.8) is 0 Å². The number of nitrogens with zero attached hydrogens (tertiary/aromatic N) is 2. The second-order valence-corrected chi connectivity index (χ2v) is 9.21. The Bertz CT molecular complexity index is 1210. The number of piperidine rings is 3. The smallest absolute Gasteiger partial charge is 0.251 e. The van der Waals surface area contributed by atoms with Crippen LogP contribution in [-0.4, -0.2) is 49.1 Å². The molecule has 3 aliphatic heterocycles. The number of ether oxygens (including phenoxy) is 2. The number of hydrogen-bond donors (Lipinski definition) is 1. The Hall–Kier alpha value is -3.38. The fraction of sp³-hybridized carbons (Fsp3) is 0.357. The van der Waals surface area contributed by atoms with Crippen LogP contribution in [0.3, 0.4) is 0 Å². The topological polar surface area (TPSA) is 63.7 Å². The lowest BCUT2D eigenvalue weighted by Crippen LogP contribution is -2.57. The predicted octanol–water partition coefficient (Wildman–Crippen LogP) is 4.62. The number of hydrogen-bond acceptors (Lipinski definition) is 5. The number of methoxy groups -OCH3 is 2. The largest absolute Gasteiger partial charge is 0.497 e. The van der Waals surface area contributed by atoms with Gasteiger partial charge in [0.15, 0.2) is 0 Å². The van der Waals surface area contributed by atoms with Crippen LogP contribution in [0.1, 0.15) is 34.8 Å². The molecule has 6 heteroatoms. The normalized spacial score (nSPS) is 24.4. The van der Waals surface area contributed by atoms with Gasteiger partial charge in [0, 0.05) is 29.7 Å². The van der Waals surface area contributed by atoms with Crippen LogP contribution in [0, 0.1) is 11.8 Å². The molecule has 176 valence electrons. The molecule has 0 aliphatic carbocycles. The Morgan fingerprint density at radius 2 is 2.00 bits per heavy atom. The lowest BCUT2D eigenvalue weighted by atomic mass is 9.73. The summed E-state index contributed by atoms with van der Waals surface area (Å²) in [6.07, 6.45) is 6.13. The van der Waals surface area contributed by atoms with Crippen molar-refractivity contribution in [1.29, 1.82) is 0 Å². The molecule has 4 heterocycles. The highest BCUT2D eigenvalue weighted by Crippen LogP contribution is 2.42. The quantitative estimate of drug-likeness (QED) is 0.525. The molecule has 6 rings (SSSR count). The van der Waals surface area contributed by atoms with E-state index in [1.165, 1.54) is 6.42 Å². The van der Waals surface area contributed by atoms with Crippen molar-refractivity contribution in [3.8, 4) is 11.5 Å². The van der Waals surface area contributed by atoms with E-state index in [1.54, 1.807) is 20.3 Å². The molecule has 1 unspecified atom stereocenters. The molecule has 1 aromatic heterocycles. The van der Waals surface area contributed by atoms with Gasteiger partial charge in [0.1, 0.15) is 11.5 Å². The van der Waals surface area contributed by atoms with Crippen LogP contribution in [0.25, 0.3) is 10.9 Å². The average Bonchev–Trinajstić information content (AvgIpc) is 2.91. The number of benzene rings is 2. The SMILES string of the molecule is C=C[C@H]1CN2CC[C@H]1C[C@@H]2[C@@H](NC(=O)c1cccc(OC)c1)c1ccnc2ccc(OC)cc12. The van der Waals surface area contributed by atoms with Crippen molar-refractivity contribution in [3.05, 3.63) is 78.5 Å². The molecular weight excluding hydrogens is 426 g/mol. The fourth-order valence-corrected chi connectivity index (χ4v) is 5.64. The molecule has 1 amide bonds. The van der Waals surface area contributed by atoms with E-state index in [9.17, 15) is 4.79 Å². The molecule has 34 heavy (non-hydrogen) atoms. The minimum absolute atomic E-state index is 0.111. The van der Waals surface area contributed by atoms with Crippen LogP contribution >= 0.6 is 0 Å². The van der Waals surface area contributed by atoms with Crippen LogP contribution in [0.15, 0.2) is 67.4 Å². The minimum Gasteiger partial charge on any atom is -0.497 e. The van der Waals surface area contributed by atoms with Crippen molar-refractivity contribution in [2.24, 2.45) is 11.8 Å². The molecule has 3 saturated heterocycles. The summed E-state index contributed by atoms with van der Waals surface area (Å²) >= 11 is 0. The zero-order valence-electron chi connectivity index (χ0n) is 19.7. The first-order chi connectivity index (χ1) is 16.6. The number of carbonyl (C=O) groups excluding carboxylic acids is 1. The zero-order chi connectivity index (χ0) is 23.7. The Kier molecular flexibility index (Phi) is 6.24. The lowest BCUT2D eigenvalue weighted by molar-refractivity contribution is 0.00170. The summed E-state index contributed by atoms with van der Waals surface area (Å²) in [6.45, 7) is 6.09. The lowest BCUT2D eigenvalue weighted by Gasteiger charge is -2.51. The molecule has 3 fully saturated rings. The third-order valence-corrected chi connectivity index (χ3v) is 7.47. The maximum atomic E-state index is 13.5. The molecule has 6 nitrogen and oxygen atoms in total. The maximum Gasteiger partial charge on any atom is 0.251 e. The minimum atomic E-state index is -0.190. The monoisotopic (exact) mass is 457 g/mol. The number of fused-ring (bicyclic) bond motifs is 4. The molecule has 5 atom stereocenters. The standard InChI is InChI=1S/C28H31N3O3/c1-4-18-17-31-13-11-19(18)15-26(31)27(30-28(32)20-6-5-7-21(14-20)33-2)23-10-12-29-25-9-8-22(34-3)16-24(23)25/h4-10,12,14,16,18-19,26-27H,1,11,13,15,17H2,2-3H3,(H,30,32)/t18-,19-,26+,27-/m0/s1. The van der Waals surface area contributed by atoms with Crippen LogP contribution in [0.4, 0.5) is 0 Å². The van der Waals surface area contributed by atoms with Crippen molar-refractivity contribution < 1.29 is 14.3 Å². The van der Waals surface area contributed by atoms with Crippen LogP contribution in [0.2, 0.25) is 0 Å². The van der Waals surface area contributed by atoms with Gasteiger partial charge in [-0.05, 0) is 79.3 Å². The van der Waals surface area contributed by atoms with Crippen LogP contribution in [-0.2, 0) is 0 Å². The van der Waals surface area contributed by atoms with Gasteiger partial charge in [-0.1, -0.05) is 12.1 Å². The van der Waals surface area contributed by atoms with Crippen LogP contribution in [0.5, 0.6) is 11.5 Å². The van der Waals surface area contributed by atoms with Crippen molar-refractivity contribution in [2.75, 3.05) is 27.3 Å². The molecule has 2 aromatic carbocycles. The highest BCUT2D eigenvalue weighted by Gasteiger charge is 2.43. The summed E-state index contributed by atoms with van der Waals surface area (Å²) < 4.78 is 10.8. The molecule has 3 aromatic rings. The van der Waals surface area contributed by atoms with Crippen molar-refractivity contribution in [2.45, 2.75) is 24.9 Å². The Balaban J connectivity index is 1.56. The van der Waals surface area contributed by atoms with E-state index in [0.29, 0.717) is 23.1 Å². The van der Waals surface area contributed by atoms with E-state index < -0.39 is 0 Å². The third-order valence-electron chi connectivity index (χ3n) is 7.47. The van der Waals surface area contributed by atoms with Crippen molar-refractivity contribution in [1.82, 2.24) is 15.2 Å². The van der Waals surface area contributed by atoms with Gasteiger partial charge in [0.2, 0.25) is 0 Å². The Morgan fingerprint density at radius 3 is 2.74 bits per heavy atom. The predicted molar refractivity (Wildman–Crippen MR) is 133 cm³/mol. The van der Waals surface area contributed by atoms with E-state index in [1.807, 2.05) is 48.7 Å². The van der Waals surface area contributed by atoms with Gasteiger partial charge in [0.05, 0.1) is 25.8 Å². The highest BCUT2D eigenvalue weighted by atomic mass is 16.5. The number of nitrogens with one attached hydrogen (secondary N) is 1. The fourth-order valence-electron chi connectivity index (χ4n) is 5.64. The van der Waals surface area contributed by atoms with E-state index in [-0.39, 0.29) is 18.0 Å². The van der Waals surface area contributed by atoms with Crippen molar-refractivity contribution >= 4 is 16.8 Å². The molecule has 2 bridgehead atoms. The summed E-state index contributed by atoms with van der Waals surface area (Å²) in [5.74, 6) is 2.43. The van der Waals surface area contributed by atoms with Gasteiger partial charge in [-0.15, -0.1) is 6.58 Å². The first-order valence-electron chi connectivity index (χ1n) is 11.9. The summed E-state index contributed by atoms with van der Waals surface area (Å²) in [7, 11) is 3.28. The molecular formula is C28H31N3O3. The Labute approximate surface area is 200 Å². The second-order valence-electron chi connectivity index (χ2n) is 9.21. The van der Waals surface area contributed by atoms with Gasteiger partial charge in [-0.25, -0.2) is 0 Å². The van der Waals surface area contributed by atoms with Gasteiger partial charge >= 0.3 is 0 Å². The van der Waals surface area contributed by atoms with Gasteiger partial charge in [-0.3, -0.25) is 14.7 Å². The van der Waals surface area contributed by atoms with Gasteiger partial charge in [0.25, 0.3) is 5.91 Å². The summed E-state index contributed by atoms with van der Waals surface area (Å²) in [6, 6.07) is 15.2. The van der Waals surface area contributed by atoms with E-state index in [2.05, 4.69) is 27.9 Å². The molecule has 0 spiro atoms. The Morgan fingerprint density at radius 1 is 1.18 bits per heavy atom. The maximum absolute atomic E-state index is 13.5. The van der Waals surface area contributed by atoms with Crippen LogP contribution < -0.4 is 14.8 Å². The first-order valence-corrected chi connectivity index (χ1v) is 11.9. The first kappa shape index (κ1) is 22.4. The molecule has 0 radical (unpaired) electrons. The van der Waals surface area contributed by atoms with Gasteiger partial charge < -0.3 is 14.8 Å². The van der Waals surface area contributed by atoms with Gasteiger partial charge in [-0.2, -0.15) is 0 Å². The summed E-state index contributed by atoms with van der Waals surface area (Å²) in [5.41, 5.74) is 2.53. The summed E-state index contributed by atoms with van der Waals surface area (Å²) in [4.78, 5) is 20.6. The number of pyridine rings is 1. The second kappa shape index (κ2) is 9.47.